The summed E-state index contributed by atoms with van der Waals surface area (Å²) in [7, 11) is 1.45. The minimum Gasteiger partial charge on any atom is -0.249 e. The lowest BCUT2D eigenvalue weighted by Gasteiger charge is -2.11. The van der Waals surface area contributed by atoms with Crippen molar-refractivity contribution in [2.45, 2.75) is 38.3 Å². The zero-order valence-electron chi connectivity index (χ0n) is 8.66. The van der Waals surface area contributed by atoms with E-state index in [1.165, 1.54) is 4.68 Å². The van der Waals surface area contributed by atoms with Crippen LogP contribution in [0.2, 0.25) is 5.02 Å². The van der Waals surface area contributed by atoms with Crippen LogP contribution >= 0.6 is 22.3 Å². The van der Waals surface area contributed by atoms with E-state index in [1.807, 2.05) is 13.8 Å². The second-order valence-electron chi connectivity index (χ2n) is 3.34. The molecule has 1 aromatic heterocycles. The molecule has 0 spiro atoms. The second-order valence-corrected chi connectivity index (χ2v) is 6.20. The molecule has 0 aliphatic rings. The highest BCUT2D eigenvalue weighted by atomic mass is 35.7. The third-order valence-corrected chi connectivity index (χ3v) is 4.07. The van der Waals surface area contributed by atoms with Crippen LogP contribution in [0.15, 0.2) is 5.03 Å². The molecule has 7 heteroatoms. The molecule has 0 bridgehead atoms. The molecule has 1 heterocycles. The van der Waals surface area contributed by atoms with Gasteiger partial charge >= 0.3 is 0 Å². The average molecular weight is 271 g/mol. The Morgan fingerprint density at radius 1 is 1.53 bits per heavy atom. The molecule has 0 radical (unpaired) electrons. The van der Waals surface area contributed by atoms with Gasteiger partial charge in [-0.3, -0.25) is 0 Å². The first-order valence-electron chi connectivity index (χ1n) is 4.48. The normalized spacial score (nSPS) is 14.2. The predicted molar refractivity (Wildman–Crippen MR) is 60.0 cm³/mol. The van der Waals surface area contributed by atoms with Crippen molar-refractivity contribution in [3.8, 4) is 0 Å². The van der Waals surface area contributed by atoms with Crippen molar-refractivity contribution in [2.75, 3.05) is 0 Å². The van der Waals surface area contributed by atoms with Gasteiger partial charge in [0.2, 0.25) is 0 Å². The van der Waals surface area contributed by atoms with E-state index in [1.54, 1.807) is 6.92 Å². The van der Waals surface area contributed by atoms with Gasteiger partial charge in [0, 0.05) is 10.7 Å². The summed E-state index contributed by atoms with van der Waals surface area (Å²) in [5.41, 5.74) is 0.469. The quantitative estimate of drug-likeness (QED) is 0.794. The second kappa shape index (κ2) is 4.31. The Hall–Kier alpha value is -0.260. The van der Waals surface area contributed by atoms with Crippen molar-refractivity contribution in [3.63, 3.8) is 0 Å². The Balaban J connectivity index is 3.48. The summed E-state index contributed by atoms with van der Waals surface area (Å²) in [6, 6.07) is -0.0558. The number of halogens is 2. The van der Waals surface area contributed by atoms with Crippen LogP contribution in [0.25, 0.3) is 0 Å². The minimum atomic E-state index is -3.86. The van der Waals surface area contributed by atoms with Crippen molar-refractivity contribution >= 4 is 31.3 Å². The van der Waals surface area contributed by atoms with Gasteiger partial charge in [0.05, 0.1) is 11.7 Å². The standard InChI is InChI=1S/C8H12Cl2N2O2S/c1-4-5(2)12-8(15(10,13)14)7(9)6(3)11-12/h5H,4H2,1-3H3/t5-/m0/s1. The molecule has 0 aromatic carbocycles. The van der Waals surface area contributed by atoms with Gasteiger partial charge in [-0.05, 0) is 20.3 Å². The Kier molecular flexibility index (Phi) is 3.68. The van der Waals surface area contributed by atoms with Crippen molar-refractivity contribution in [3.05, 3.63) is 10.7 Å². The zero-order valence-corrected chi connectivity index (χ0v) is 11.0. The first kappa shape index (κ1) is 12.8. The number of aryl methyl sites for hydroxylation is 1. The molecular weight excluding hydrogens is 259 g/mol. The monoisotopic (exact) mass is 270 g/mol. The Morgan fingerprint density at radius 3 is 2.47 bits per heavy atom. The maximum Gasteiger partial charge on any atom is 0.279 e. The fourth-order valence-electron chi connectivity index (χ4n) is 1.20. The van der Waals surface area contributed by atoms with E-state index in [9.17, 15) is 8.42 Å². The summed E-state index contributed by atoms with van der Waals surface area (Å²) in [6.07, 6.45) is 0.747. The average Bonchev–Trinajstić information content (AvgIpc) is 2.41. The Labute approximate surface area is 98.6 Å². The predicted octanol–water partition coefficient (Wildman–Crippen LogP) is 2.74. The van der Waals surface area contributed by atoms with E-state index in [-0.39, 0.29) is 16.1 Å². The van der Waals surface area contributed by atoms with Crippen molar-refractivity contribution in [2.24, 2.45) is 0 Å². The van der Waals surface area contributed by atoms with Crippen LogP contribution in [0.4, 0.5) is 0 Å². The summed E-state index contributed by atoms with van der Waals surface area (Å²) in [5, 5.41) is 4.06. The van der Waals surface area contributed by atoms with E-state index in [0.29, 0.717) is 5.69 Å². The molecule has 1 rings (SSSR count). The smallest absolute Gasteiger partial charge is 0.249 e. The van der Waals surface area contributed by atoms with Gasteiger partial charge in [-0.15, -0.1) is 0 Å². The van der Waals surface area contributed by atoms with E-state index in [4.69, 9.17) is 22.3 Å². The first-order chi connectivity index (χ1) is 6.79. The molecule has 1 aromatic rings. The maximum atomic E-state index is 11.3. The topological polar surface area (TPSA) is 52.0 Å². The third-order valence-electron chi connectivity index (χ3n) is 2.21. The van der Waals surface area contributed by atoms with E-state index >= 15 is 0 Å². The molecule has 0 unspecified atom stereocenters. The van der Waals surface area contributed by atoms with Crippen molar-refractivity contribution < 1.29 is 8.42 Å². The van der Waals surface area contributed by atoms with Crippen LogP contribution in [-0.2, 0) is 9.05 Å². The lowest BCUT2D eigenvalue weighted by atomic mass is 10.3. The zero-order chi connectivity index (χ0) is 11.8. The van der Waals surface area contributed by atoms with Crippen LogP contribution in [0, 0.1) is 6.92 Å². The van der Waals surface area contributed by atoms with Crippen LogP contribution in [0.1, 0.15) is 32.0 Å². The molecule has 15 heavy (non-hydrogen) atoms. The molecular formula is C8H12Cl2N2O2S. The molecule has 4 nitrogen and oxygen atoms in total. The first-order valence-corrected chi connectivity index (χ1v) is 7.17. The molecule has 0 aliphatic carbocycles. The SMILES string of the molecule is CC[C@H](C)n1nc(C)c(Cl)c1S(=O)(=O)Cl. The molecule has 0 amide bonds. The Bertz CT molecular complexity index is 467. The van der Waals surface area contributed by atoms with Crippen molar-refractivity contribution in [1.82, 2.24) is 9.78 Å². The van der Waals surface area contributed by atoms with Crippen LogP contribution in [0.3, 0.4) is 0 Å². The van der Waals surface area contributed by atoms with E-state index in [2.05, 4.69) is 5.10 Å². The Morgan fingerprint density at radius 2 is 2.07 bits per heavy atom. The largest absolute Gasteiger partial charge is 0.279 e. The van der Waals surface area contributed by atoms with Crippen LogP contribution in [-0.4, -0.2) is 18.2 Å². The highest BCUT2D eigenvalue weighted by Crippen LogP contribution is 2.30. The van der Waals surface area contributed by atoms with Gasteiger partial charge in [0.1, 0.15) is 5.02 Å². The lowest BCUT2D eigenvalue weighted by molar-refractivity contribution is 0.437. The number of hydrogen-bond donors (Lipinski definition) is 0. The molecule has 0 aliphatic heterocycles. The molecule has 0 saturated carbocycles. The van der Waals surface area contributed by atoms with Gasteiger partial charge in [0.15, 0.2) is 5.03 Å². The molecule has 0 fully saturated rings. The van der Waals surface area contributed by atoms with Gasteiger partial charge in [0.25, 0.3) is 9.05 Å². The highest BCUT2D eigenvalue weighted by Gasteiger charge is 2.26. The molecule has 86 valence electrons. The molecule has 0 N–H and O–H groups in total. The number of aromatic nitrogens is 2. The van der Waals surface area contributed by atoms with E-state index < -0.39 is 9.05 Å². The summed E-state index contributed by atoms with van der Waals surface area (Å²) < 4.78 is 24.0. The van der Waals surface area contributed by atoms with Crippen LogP contribution < -0.4 is 0 Å². The van der Waals surface area contributed by atoms with Gasteiger partial charge in [-0.1, -0.05) is 18.5 Å². The molecule has 0 saturated heterocycles. The summed E-state index contributed by atoms with van der Waals surface area (Å²) in [6.45, 7) is 5.43. The minimum absolute atomic E-state index is 0.0558. The summed E-state index contributed by atoms with van der Waals surface area (Å²) in [5.74, 6) is 0. The van der Waals surface area contributed by atoms with Gasteiger partial charge in [-0.25, -0.2) is 13.1 Å². The summed E-state index contributed by atoms with van der Waals surface area (Å²) >= 11 is 5.85. The van der Waals surface area contributed by atoms with Crippen molar-refractivity contribution in [1.29, 1.82) is 0 Å². The number of rotatable bonds is 3. The van der Waals surface area contributed by atoms with Crippen LogP contribution in [0.5, 0.6) is 0 Å². The fourth-order valence-corrected chi connectivity index (χ4v) is 2.99. The maximum absolute atomic E-state index is 11.3. The third kappa shape index (κ3) is 2.46. The number of hydrogen-bond acceptors (Lipinski definition) is 3. The molecule has 1 atom stereocenters. The number of nitrogens with zero attached hydrogens (tertiary/aromatic N) is 2. The van der Waals surface area contributed by atoms with Gasteiger partial charge in [-0.2, -0.15) is 5.10 Å². The highest BCUT2D eigenvalue weighted by molar-refractivity contribution is 8.13. The van der Waals surface area contributed by atoms with E-state index in [0.717, 1.165) is 6.42 Å². The summed E-state index contributed by atoms with van der Waals surface area (Å²) in [4.78, 5) is 0. The fraction of sp³-hybridized carbons (Fsp3) is 0.625. The van der Waals surface area contributed by atoms with Gasteiger partial charge < -0.3 is 0 Å². The lowest BCUT2D eigenvalue weighted by Crippen LogP contribution is -2.11.